The number of halogens is 1. The average Bonchev–Trinajstić information content (AvgIpc) is 2.39. The van der Waals surface area contributed by atoms with Gasteiger partial charge in [0.25, 0.3) is 0 Å². The van der Waals surface area contributed by atoms with Gasteiger partial charge < -0.3 is 4.74 Å². The fourth-order valence-corrected chi connectivity index (χ4v) is 2.36. The van der Waals surface area contributed by atoms with Gasteiger partial charge in [0.05, 0.1) is 0 Å². The number of ether oxygens (including phenoxy) is 1. The van der Waals surface area contributed by atoms with Crippen LogP contribution >= 0.6 is 11.6 Å². The molecule has 17 heavy (non-hydrogen) atoms. The molecular weight excluding hydrogens is 232 g/mol. The van der Waals surface area contributed by atoms with Crippen LogP contribution in [0.1, 0.15) is 23.7 Å². The van der Waals surface area contributed by atoms with Gasteiger partial charge in [-0.25, -0.2) is 0 Å². The second-order valence-corrected chi connectivity index (χ2v) is 4.74. The van der Waals surface area contributed by atoms with E-state index in [1.165, 1.54) is 11.1 Å². The van der Waals surface area contributed by atoms with Crippen molar-refractivity contribution in [1.82, 2.24) is 0 Å². The normalized spacial score (nSPS) is 18.3. The molecule has 3 rings (SSSR count). The van der Waals surface area contributed by atoms with Crippen molar-refractivity contribution in [1.29, 1.82) is 0 Å². The van der Waals surface area contributed by atoms with E-state index in [1.807, 2.05) is 36.4 Å². The predicted octanol–water partition coefficient (Wildman–Crippen LogP) is 4.41. The first kappa shape index (κ1) is 10.7. The van der Waals surface area contributed by atoms with Crippen LogP contribution in [-0.2, 0) is 6.42 Å². The molecule has 0 amide bonds. The summed E-state index contributed by atoms with van der Waals surface area (Å²) in [5.41, 5.74) is 2.50. The number of fused-ring (bicyclic) bond motifs is 1. The van der Waals surface area contributed by atoms with E-state index in [2.05, 4.69) is 12.1 Å². The molecule has 0 fully saturated rings. The Kier molecular flexibility index (Phi) is 2.77. The average molecular weight is 245 g/mol. The number of hydrogen-bond donors (Lipinski definition) is 0. The maximum atomic E-state index is 6.01. The Bertz CT molecular complexity index is 519. The van der Waals surface area contributed by atoms with Crippen molar-refractivity contribution in [2.45, 2.75) is 18.9 Å². The molecule has 0 bridgehead atoms. The zero-order chi connectivity index (χ0) is 11.7. The highest BCUT2D eigenvalue weighted by molar-refractivity contribution is 6.30. The Morgan fingerprint density at radius 1 is 1.00 bits per heavy atom. The van der Waals surface area contributed by atoms with Gasteiger partial charge in [-0.15, -0.1) is 0 Å². The minimum Gasteiger partial charge on any atom is -0.485 e. The molecule has 2 aromatic carbocycles. The number of hydrogen-bond acceptors (Lipinski definition) is 1. The molecule has 0 spiro atoms. The van der Waals surface area contributed by atoms with Gasteiger partial charge in [-0.3, -0.25) is 0 Å². The molecule has 2 aromatic rings. The number of para-hydroxylation sites is 1. The first-order valence-electron chi connectivity index (χ1n) is 5.83. The molecule has 1 aliphatic heterocycles. The minimum atomic E-state index is 0.155. The second-order valence-electron chi connectivity index (χ2n) is 4.30. The van der Waals surface area contributed by atoms with Crippen LogP contribution in [0.3, 0.4) is 0 Å². The molecule has 0 aromatic heterocycles. The van der Waals surface area contributed by atoms with Crippen molar-refractivity contribution in [3.05, 3.63) is 64.7 Å². The Morgan fingerprint density at radius 2 is 1.76 bits per heavy atom. The third-order valence-electron chi connectivity index (χ3n) is 3.16. The summed E-state index contributed by atoms with van der Waals surface area (Å²) in [5.74, 6) is 1.01. The first-order valence-corrected chi connectivity index (χ1v) is 6.21. The van der Waals surface area contributed by atoms with E-state index in [0.717, 1.165) is 23.6 Å². The van der Waals surface area contributed by atoms with Gasteiger partial charge in [0.15, 0.2) is 0 Å². The zero-order valence-electron chi connectivity index (χ0n) is 9.40. The summed E-state index contributed by atoms with van der Waals surface area (Å²) in [6.45, 7) is 0. The summed E-state index contributed by atoms with van der Waals surface area (Å²) in [4.78, 5) is 0. The molecule has 2 heteroatoms. The highest BCUT2D eigenvalue weighted by atomic mass is 35.5. The summed E-state index contributed by atoms with van der Waals surface area (Å²) in [6, 6.07) is 16.2. The van der Waals surface area contributed by atoms with E-state index in [4.69, 9.17) is 16.3 Å². The third kappa shape index (κ3) is 2.16. The molecule has 1 aliphatic rings. The summed E-state index contributed by atoms with van der Waals surface area (Å²) in [7, 11) is 0. The summed E-state index contributed by atoms with van der Waals surface area (Å²) in [5, 5.41) is 0.768. The highest BCUT2D eigenvalue weighted by Crippen LogP contribution is 2.34. The Labute approximate surface area is 106 Å². The highest BCUT2D eigenvalue weighted by Gasteiger charge is 2.20. The third-order valence-corrected chi connectivity index (χ3v) is 3.41. The van der Waals surface area contributed by atoms with Crippen LogP contribution in [-0.4, -0.2) is 0 Å². The number of benzene rings is 2. The minimum absolute atomic E-state index is 0.155. The topological polar surface area (TPSA) is 9.23 Å². The Hall–Kier alpha value is -1.47. The summed E-state index contributed by atoms with van der Waals surface area (Å²) >= 11 is 5.89. The van der Waals surface area contributed by atoms with Crippen LogP contribution in [0, 0.1) is 0 Å². The van der Waals surface area contributed by atoms with E-state index in [9.17, 15) is 0 Å². The molecule has 0 saturated heterocycles. The molecule has 1 heterocycles. The van der Waals surface area contributed by atoms with Gasteiger partial charge in [0, 0.05) is 5.02 Å². The maximum absolute atomic E-state index is 6.01. The molecular formula is C15H13ClO. The Morgan fingerprint density at radius 3 is 2.59 bits per heavy atom. The summed E-state index contributed by atoms with van der Waals surface area (Å²) < 4.78 is 6.01. The smallest absolute Gasteiger partial charge is 0.124 e. The van der Waals surface area contributed by atoms with Gasteiger partial charge in [0.1, 0.15) is 11.9 Å². The van der Waals surface area contributed by atoms with Crippen LogP contribution < -0.4 is 4.74 Å². The fraction of sp³-hybridized carbons (Fsp3) is 0.200. The lowest BCUT2D eigenvalue weighted by molar-refractivity contribution is 0.176. The van der Waals surface area contributed by atoms with E-state index >= 15 is 0 Å². The molecule has 1 nitrogen and oxygen atoms in total. The molecule has 0 N–H and O–H groups in total. The SMILES string of the molecule is Clc1ccc(C2CCc3ccccc3O2)cc1. The predicted molar refractivity (Wildman–Crippen MR) is 69.6 cm³/mol. The monoisotopic (exact) mass is 244 g/mol. The van der Waals surface area contributed by atoms with Crippen molar-refractivity contribution < 1.29 is 4.74 Å². The van der Waals surface area contributed by atoms with Gasteiger partial charge >= 0.3 is 0 Å². The van der Waals surface area contributed by atoms with Crippen molar-refractivity contribution >= 4 is 11.6 Å². The Balaban J connectivity index is 1.86. The zero-order valence-corrected chi connectivity index (χ0v) is 10.2. The van der Waals surface area contributed by atoms with Crippen molar-refractivity contribution in [3.63, 3.8) is 0 Å². The van der Waals surface area contributed by atoms with Gasteiger partial charge in [-0.05, 0) is 42.2 Å². The molecule has 1 unspecified atom stereocenters. The van der Waals surface area contributed by atoms with Crippen molar-refractivity contribution in [2.24, 2.45) is 0 Å². The second kappa shape index (κ2) is 4.42. The molecule has 0 saturated carbocycles. The van der Waals surface area contributed by atoms with E-state index in [1.54, 1.807) is 0 Å². The lowest BCUT2D eigenvalue weighted by Gasteiger charge is -2.26. The number of rotatable bonds is 1. The lowest BCUT2D eigenvalue weighted by Crippen LogP contribution is -2.14. The van der Waals surface area contributed by atoms with E-state index in [-0.39, 0.29) is 6.10 Å². The van der Waals surface area contributed by atoms with Gasteiger partial charge in [-0.1, -0.05) is 41.9 Å². The maximum Gasteiger partial charge on any atom is 0.124 e. The van der Waals surface area contributed by atoms with Gasteiger partial charge in [-0.2, -0.15) is 0 Å². The summed E-state index contributed by atoms with van der Waals surface area (Å²) in [6.07, 6.45) is 2.25. The fourth-order valence-electron chi connectivity index (χ4n) is 2.24. The van der Waals surface area contributed by atoms with Crippen LogP contribution in [0.2, 0.25) is 5.02 Å². The van der Waals surface area contributed by atoms with Crippen molar-refractivity contribution in [3.8, 4) is 5.75 Å². The largest absolute Gasteiger partial charge is 0.485 e. The molecule has 0 radical (unpaired) electrons. The van der Waals surface area contributed by atoms with Crippen LogP contribution in [0.5, 0.6) is 5.75 Å². The van der Waals surface area contributed by atoms with Crippen LogP contribution in [0.25, 0.3) is 0 Å². The standard InChI is InChI=1S/C15H13ClO/c16-13-8-5-12(6-9-13)15-10-7-11-3-1-2-4-14(11)17-15/h1-6,8-9,15H,7,10H2. The molecule has 86 valence electrons. The van der Waals surface area contributed by atoms with Crippen molar-refractivity contribution in [2.75, 3.05) is 0 Å². The number of aryl methyl sites for hydroxylation is 1. The lowest BCUT2D eigenvalue weighted by atomic mass is 9.98. The first-order chi connectivity index (χ1) is 8.33. The van der Waals surface area contributed by atoms with Crippen LogP contribution in [0.15, 0.2) is 48.5 Å². The molecule has 0 aliphatic carbocycles. The van der Waals surface area contributed by atoms with Crippen LogP contribution in [0.4, 0.5) is 0 Å². The van der Waals surface area contributed by atoms with Gasteiger partial charge in [0.2, 0.25) is 0 Å². The van der Waals surface area contributed by atoms with E-state index < -0.39 is 0 Å². The molecule has 1 atom stereocenters. The quantitative estimate of drug-likeness (QED) is 0.722. The van der Waals surface area contributed by atoms with E-state index in [0.29, 0.717) is 0 Å².